The molecular weight excluding hydrogens is 252 g/mol. The van der Waals surface area contributed by atoms with Crippen LogP contribution in [0.15, 0.2) is 0 Å². The van der Waals surface area contributed by atoms with Crippen molar-refractivity contribution in [1.29, 1.82) is 0 Å². The predicted octanol–water partition coefficient (Wildman–Crippen LogP) is 6.45. The predicted molar refractivity (Wildman–Crippen MR) is 93.0 cm³/mol. The minimum Gasteiger partial charge on any atom is -0.120 e. The maximum absolute atomic E-state index is 5.33. The van der Waals surface area contributed by atoms with E-state index in [9.17, 15) is 0 Å². The molecule has 4 atom stereocenters. The molecule has 0 amide bonds. The van der Waals surface area contributed by atoms with E-state index in [0.29, 0.717) is 5.41 Å². The highest BCUT2D eigenvalue weighted by atomic mass is 14.5. The first-order chi connectivity index (χ1) is 10.1. The van der Waals surface area contributed by atoms with Crippen LogP contribution in [0.4, 0.5) is 0 Å². The Bertz CT molecular complexity index is 346. The molecular formula is C21H36. The number of fused-ring (bicyclic) bond motifs is 1. The van der Waals surface area contributed by atoms with Gasteiger partial charge < -0.3 is 0 Å². The molecule has 0 saturated heterocycles. The Kier molecular flexibility index (Phi) is 6.21. The molecule has 0 spiro atoms. The van der Waals surface area contributed by atoms with Gasteiger partial charge in [-0.25, -0.2) is 0 Å². The summed E-state index contributed by atoms with van der Waals surface area (Å²) in [6.45, 7) is 7.43. The SMILES string of the molecule is C#CCCCCCCC1C(CC)CCC2CC(C)(C)CC21. The van der Waals surface area contributed by atoms with E-state index in [-0.39, 0.29) is 0 Å². The topological polar surface area (TPSA) is 0 Å². The van der Waals surface area contributed by atoms with E-state index in [4.69, 9.17) is 6.42 Å². The lowest BCUT2D eigenvalue weighted by Gasteiger charge is -2.40. The Morgan fingerprint density at radius 2 is 1.81 bits per heavy atom. The Morgan fingerprint density at radius 1 is 1.05 bits per heavy atom. The molecule has 0 heterocycles. The Labute approximate surface area is 133 Å². The third-order valence-electron chi connectivity index (χ3n) is 6.41. The number of hydrogen-bond donors (Lipinski definition) is 0. The van der Waals surface area contributed by atoms with Crippen LogP contribution in [0.3, 0.4) is 0 Å². The third-order valence-corrected chi connectivity index (χ3v) is 6.41. The fourth-order valence-corrected chi connectivity index (χ4v) is 5.48. The molecule has 0 aromatic carbocycles. The lowest BCUT2D eigenvalue weighted by molar-refractivity contribution is 0.0967. The average Bonchev–Trinajstić information content (AvgIpc) is 2.76. The highest BCUT2D eigenvalue weighted by Gasteiger charge is 2.46. The van der Waals surface area contributed by atoms with E-state index >= 15 is 0 Å². The zero-order valence-electron chi connectivity index (χ0n) is 14.7. The molecule has 21 heavy (non-hydrogen) atoms. The molecule has 120 valence electrons. The maximum Gasteiger partial charge on any atom is 0.00860 e. The minimum atomic E-state index is 0.614. The molecule has 0 aliphatic heterocycles. The summed E-state index contributed by atoms with van der Waals surface area (Å²) in [5, 5.41) is 0. The van der Waals surface area contributed by atoms with Gasteiger partial charge in [0.05, 0.1) is 0 Å². The molecule has 2 saturated carbocycles. The summed E-state index contributed by atoms with van der Waals surface area (Å²) in [5.74, 6) is 6.91. The first-order valence-corrected chi connectivity index (χ1v) is 9.51. The second-order valence-electron chi connectivity index (χ2n) is 8.56. The fraction of sp³-hybridized carbons (Fsp3) is 0.905. The molecule has 0 radical (unpaired) electrons. The number of terminal acetylenes is 1. The summed E-state index contributed by atoms with van der Waals surface area (Å²) in [6.07, 6.45) is 20.6. The third kappa shape index (κ3) is 4.51. The van der Waals surface area contributed by atoms with Gasteiger partial charge in [0.1, 0.15) is 0 Å². The van der Waals surface area contributed by atoms with Crippen LogP contribution in [0, 0.1) is 41.4 Å². The van der Waals surface area contributed by atoms with Gasteiger partial charge in [-0.2, -0.15) is 0 Å². The standard InChI is InChI=1S/C21H36/c1-5-7-8-9-10-11-12-19-17(6-2)13-14-18-15-21(3,4)16-20(18)19/h1,17-20H,6-16H2,2-4H3. The lowest BCUT2D eigenvalue weighted by atomic mass is 9.65. The van der Waals surface area contributed by atoms with Gasteiger partial charge in [-0.15, -0.1) is 12.3 Å². The fourth-order valence-electron chi connectivity index (χ4n) is 5.48. The van der Waals surface area contributed by atoms with E-state index < -0.39 is 0 Å². The van der Waals surface area contributed by atoms with Crippen molar-refractivity contribution in [3.8, 4) is 12.3 Å². The Balaban J connectivity index is 1.83. The van der Waals surface area contributed by atoms with Gasteiger partial charge in [0, 0.05) is 6.42 Å². The molecule has 0 aromatic heterocycles. The second-order valence-corrected chi connectivity index (χ2v) is 8.56. The highest BCUT2D eigenvalue weighted by Crippen LogP contribution is 2.56. The molecule has 0 bridgehead atoms. The number of rotatable bonds is 7. The van der Waals surface area contributed by atoms with Crippen LogP contribution < -0.4 is 0 Å². The normalized spacial score (nSPS) is 34.4. The van der Waals surface area contributed by atoms with Crippen molar-refractivity contribution >= 4 is 0 Å². The molecule has 0 heteroatoms. The lowest BCUT2D eigenvalue weighted by Crippen LogP contribution is -2.31. The molecule has 2 rings (SSSR count). The number of hydrogen-bond acceptors (Lipinski definition) is 0. The summed E-state index contributed by atoms with van der Waals surface area (Å²) >= 11 is 0. The van der Waals surface area contributed by atoms with Crippen LogP contribution in [-0.4, -0.2) is 0 Å². The summed E-state index contributed by atoms with van der Waals surface area (Å²) < 4.78 is 0. The van der Waals surface area contributed by atoms with Gasteiger partial charge in [0.2, 0.25) is 0 Å². The van der Waals surface area contributed by atoms with Crippen molar-refractivity contribution in [3.63, 3.8) is 0 Å². The first kappa shape index (κ1) is 16.9. The van der Waals surface area contributed by atoms with Crippen LogP contribution in [0.2, 0.25) is 0 Å². The summed E-state index contributed by atoms with van der Waals surface area (Å²) in [7, 11) is 0. The Hall–Kier alpha value is -0.440. The molecule has 4 unspecified atom stereocenters. The van der Waals surface area contributed by atoms with Crippen molar-refractivity contribution in [2.75, 3.05) is 0 Å². The van der Waals surface area contributed by atoms with Gasteiger partial charge >= 0.3 is 0 Å². The largest absolute Gasteiger partial charge is 0.120 e. The second kappa shape index (κ2) is 7.71. The van der Waals surface area contributed by atoms with Gasteiger partial charge in [-0.1, -0.05) is 46.5 Å². The Morgan fingerprint density at radius 3 is 2.52 bits per heavy atom. The minimum absolute atomic E-state index is 0.614. The summed E-state index contributed by atoms with van der Waals surface area (Å²) in [6, 6.07) is 0. The van der Waals surface area contributed by atoms with Crippen molar-refractivity contribution < 1.29 is 0 Å². The van der Waals surface area contributed by atoms with Crippen molar-refractivity contribution in [2.45, 2.75) is 91.4 Å². The molecule has 2 aliphatic rings. The molecule has 0 nitrogen and oxygen atoms in total. The van der Waals surface area contributed by atoms with Gasteiger partial charge in [0.25, 0.3) is 0 Å². The zero-order chi connectivity index (χ0) is 15.3. The van der Waals surface area contributed by atoms with Crippen LogP contribution >= 0.6 is 0 Å². The zero-order valence-corrected chi connectivity index (χ0v) is 14.7. The molecule has 2 aliphatic carbocycles. The van der Waals surface area contributed by atoms with E-state index in [1.807, 2.05) is 0 Å². The van der Waals surface area contributed by atoms with E-state index in [1.165, 1.54) is 64.2 Å². The summed E-state index contributed by atoms with van der Waals surface area (Å²) in [4.78, 5) is 0. The van der Waals surface area contributed by atoms with E-state index in [1.54, 1.807) is 0 Å². The van der Waals surface area contributed by atoms with Crippen LogP contribution in [0.5, 0.6) is 0 Å². The van der Waals surface area contributed by atoms with Crippen molar-refractivity contribution in [3.05, 3.63) is 0 Å². The quantitative estimate of drug-likeness (QED) is 0.373. The molecule has 0 N–H and O–H groups in total. The van der Waals surface area contributed by atoms with Crippen molar-refractivity contribution in [2.24, 2.45) is 29.1 Å². The van der Waals surface area contributed by atoms with Gasteiger partial charge in [-0.05, 0) is 67.6 Å². The average molecular weight is 289 g/mol. The molecule has 2 fully saturated rings. The smallest absolute Gasteiger partial charge is 0.00860 e. The molecule has 0 aromatic rings. The van der Waals surface area contributed by atoms with E-state index in [2.05, 4.69) is 26.7 Å². The van der Waals surface area contributed by atoms with Gasteiger partial charge in [0.15, 0.2) is 0 Å². The highest BCUT2D eigenvalue weighted by molar-refractivity contribution is 4.96. The van der Waals surface area contributed by atoms with Crippen LogP contribution in [-0.2, 0) is 0 Å². The van der Waals surface area contributed by atoms with Crippen molar-refractivity contribution in [1.82, 2.24) is 0 Å². The van der Waals surface area contributed by atoms with Gasteiger partial charge in [-0.3, -0.25) is 0 Å². The number of unbranched alkanes of at least 4 members (excludes halogenated alkanes) is 4. The van der Waals surface area contributed by atoms with E-state index in [0.717, 1.165) is 30.1 Å². The van der Waals surface area contributed by atoms with Crippen LogP contribution in [0.1, 0.15) is 91.4 Å². The summed E-state index contributed by atoms with van der Waals surface area (Å²) in [5.41, 5.74) is 0.614. The maximum atomic E-state index is 5.33. The first-order valence-electron chi connectivity index (χ1n) is 9.51. The van der Waals surface area contributed by atoms with Crippen LogP contribution in [0.25, 0.3) is 0 Å². The monoisotopic (exact) mass is 288 g/mol.